The van der Waals surface area contributed by atoms with E-state index in [-0.39, 0.29) is 36.1 Å². The van der Waals surface area contributed by atoms with Crippen LogP contribution in [0.4, 0.5) is 8.78 Å². The molecule has 0 aliphatic carbocycles. The second-order valence-corrected chi connectivity index (χ2v) is 6.17. The van der Waals surface area contributed by atoms with Gasteiger partial charge in [-0.2, -0.15) is 0 Å². The maximum atomic E-state index is 13.7. The Bertz CT molecular complexity index is 753. The van der Waals surface area contributed by atoms with E-state index in [1.807, 2.05) is 12.1 Å². The average Bonchev–Trinajstić information content (AvgIpc) is 2.64. The lowest BCUT2D eigenvalue weighted by molar-refractivity contribution is 0.345. The molecule has 0 aliphatic rings. The topological polar surface area (TPSA) is 39.7 Å². The average molecular weight is 488 g/mol. The van der Waals surface area contributed by atoms with Gasteiger partial charge in [0.2, 0.25) is 0 Å². The third-order valence-corrected chi connectivity index (χ3v) is 4.12. The molecular formula is C20H27F2IN4. The Hall–Kier alpha value is -1.74. The molecule has 0 spiro atoms. The zero-order valence-electron chi connectivity index (χ0n) is 15.9. The fraction of sp³-hybridized carbons (Fsp3) is 0.350. The molecular weight excluding hydrogens is 461 g/mol. The van der Waals surface area contributed by atoms with Crippen LogP contribution in [0.15, 0.2) is 47.5 Å². The lowest BCUT2D eigenvalue weighted by Crippen LogP contribution is -2.36. The Morgan fingerprint density at radius 2 is 1.74 bits per heavy atom. The van der Waals surface area contributed by atoms with Crippen molar-refractivity contribution in [3.8, 4) is 0 Å². The second kappa shape index (κ2) is 11.9. The Kier molecular flexibility index (Phi) is 10.2. The third-order valence-electron chi connectivity index (χ3n) is 4.12. The van der Waals surface area contributed by atoms with Gasteiger partial charge < -0.3 is 15.5 Å². The van der Waals surface area contributed by atoms with Gasteiger partial charge >= 0.3 is 0 Å². The van der Waals surface area contributed by atoms with Gasteiger partial charge in [-0.3, -0.25) is 4.99 Å². The minimum Gasteiger partial charge on any atom is -0.352 e. The SMILES string of the molecule is CCN(C)Cc1cccc(CNC(=NC)NCc2cc(F)ccc2F)c1.I. The standard InChI is InChI=1S/C20H26F2N4.HI/c1-4-26(3)14-16-7-5-6-15(10-16)12-24-20(23-2)25-13-17-11-18(21)8-9-19(17)22;/h5-11H,4,12-14H2,1-3H3,(H2,23,24,25);1H. The highest BCUT2D eigenvalue weighted by molar-refractivity contribution is 14.0. The lowest BCUT2D eigenvalue weighted by Gasteiger charge is -2.15. The van der Waals surface area contributed by atoms with Crippen LogP contribution in [0, 0.1) is 11.6 Å². The second-order valence-electron chi connectivity index (χ2n) is 6.17. The van der Waals surface area contributed by atoms with Gasteiger partial charge in [-0.25, -0.2) is 8.78 Å². The van der Waals surface area contributed by atoms with Gasteiger partial charge in [-0.05, 0) is 42.9 Å². The number of nitrogens with zero attached hydrogens (tertiary/aromatic N) is 2. The molecule has 2 aromatic carbocycles. The molecule has 0 unspecified atom stereocenters. The number of benzene rings is 2. The highest BCUT2D eigenvalue weighted by Crippen LogP contribution is 2.10. The minimum absolute atomic E-state index is 0. The van der Waals surface area contributed by atoms with Gasteiger partial charge in [0, 0.05) is 32.2 Å². The number of hydrogen-bond donors (Lipinski definition) is 2. The predicted molar refractivity (Wildman–Crippen MR) is 117 cm³/mol. The molecule has 148 valence electrons. The van der Waals surface area contributed by atoms with Gasteiger partial charge in [0.1, 0.15) is 11.6 Å². The fourth-order valence-corrected chi connectivity index (χ4v) is 2.53. The van der Waals surface area contributed by atoms with Crippen molar-refractivity contribution in [2.24, 2.45) is 4.99 Å². The van der Waals surface area contributed by atoms with Gasteiger partial charge in [0.15, 0.2) is 5.96 Å². The van der Waals surface area contributed by atoms with E-state index in [0.29, 0.717) is 12.5 Å². The van der Waals surface area contributed by atoms with Gasteiger partial charge in [-0.1, -0.05) is 31.2 Å². The Morgan fingerprint density at radius 1 is 1.04 bits per heavy atom. The summed E-state index contributed by atoms with van der Waals surface area (Å²) in [5.74, 6) is -0.369. The van der Waals surface area contributed by atoms with Crippen molar-refractivity contribution < 1.29 is 8.78 Å². The summed E-state index contributed by atoms with van der Waals surface area (Å²) in [7, 11) is 3.73. The first-order chi connectivity index (χ1) is 12.5. The van der Waals surface area contributed by atoms with E-state index in [2.05, 4.69) is 46.6 Å². The molecule has 0 atom stereocenters. The summed E-state index contributed by atoms with van der Waals surface area (Å²) in [5.41, 5.74) is 2.64. The number of rotatable bonds is 7. The number of nitrogens with one attached hydrogen (secondary N) is 2. The molecule has 0 saturated carbocycles. The summed E-state index contributed by atoms with van der Waals surface area (Å²) in [5, 5.41) is 6.20. The zero-order chi connectivity index (χ0) is 18.9. The van der Waals surface area contributed by atoms with Crippen LogP contribution in [0.2, 0.25) is 0 Å². The summed E-state index contributed by atoms with van der Waals surface area (Å²) in [4.78, 5) is 6.36. The lowest BCUT2D eigenvalue weighted by atomic mass is 10.1. The van der Waals surface area contributed by atoms with Crippen LogP contribution < -0.4 is 10.6 Å². The quantitative estimate of drug-likeness (QED) is 0.353. The van der Waals surface area contributed by atoms with E-state index < -0.39 is 11.6 Å². The highest BCUT2D eigenvalue weighted by atomic mass is 127. The molecule has 0 saturated heterocycles. The normalized spacial score (nSPS) is 11.3. The summed E-state index contributed by atoms with van der Waals surface area (Å²) >= 11 is 0. The number of guanidine groups is 1. The summed E-state index contributed by atoms with van der Waals surface area (Å²) in [6, 6.07) is 11.8. The summed E-state index contributed by atoms with van der Waals surface area (Å²) in [6.45, 7) is 4.77. The molecule has 0 amide bonds. The number of aliphatic imine (C=N–C) groups is 1. The third kappa shape index (κ3) is 7.80. The fourth-order valence-electron chi connectivity index (χ4n) is 2.53. The monoisotopic (exact) mass is 488 g/mol. The van der Waals surface area contributed by atoms with E-state index in [0.717, 1.165) is 30.8 Å². The molecule has 0 aromatic heterocycles. The van der Waals surface area contributed by atoms with Crippen LogP contribution in [0.5, 0.6) is 0 Å². The Morgan fingerprint density at radius 3 is 2.44 bits per heavy atom. The van der Waals surface area contributed by atoms with Crippen molar-refractivity contribution >= 4 is 29.9 Å². The van der Waals surface area contributed by atoms with Gasteiger partial charge in [-0.15, -0.1) is 24.0 Å². The molecule has 7 heteroatoms. The summed E-state index contributed by atoms with van der Waals surface area (Å²) < 4.78 is 26.9. The van der Waals surface area contributed by atoms with Crippen LogP contribution in [0.1, 0.15) is 23.6 Å². The van der Waals surface area contributed by atoms with Crippen LogP contribution in [-0.4, -0.2) is 31.5 Å². The summed E-state index contributed by atoms with van der Waals surface area (Å²) in [6.07, 6.45) is 0. The zero-order valence-corrected chi connectivity index (χ0v) is 18.3. The van der Waals surface area contributed by atoms with E-state index in [1.54, 1.807) is 7.05 Å². The molecule has 0 radical (unpaired) electrons. The molecule has 0 fully saturated rings. The van der Waals surface area contributed by atoms with Crippen LogP contribution in [-0.2, 0) is 19.6 Å². The van der Waals surface area contributed by atoms with Crippen molar-refractivity contribution in [2.45, 2.75) is 26.6 Å². The van der Waals surface area contributed by atoms with Crippen molar-refractivity contribution in [1.29, 1.82) is 0 Å². The first kappa shape index (κ1) is 23.3. The Balaban J connectivity index is 0.00000364. The molecule has 0 aliphatic heterocycles. The van der Waals surface area contributed by atoms with Crippen molar-refractivity contribution in [3.63, 3.8) is 0 Å². The number of halogens is 3. The first-order valence-electron chi connectivity index (χ1n) is 8.66. The van der Waals surface area contributed by atoms with Crippen LogP contribution >= 0.6 is 24.0 Å². The largest absolute Gasteiger partial charge is 0.352 e. The molecule has 0 heterocycles. The van der Waals surface area contributed by atoms with E-state index in [9.17, 15) is 8.78 Å². The predicted octanol–water partition coefficient (Wildman–Crippen LogP) is 3.90. The van der Waals surface area contributed by atoms with Gasteiger partial charge in [0.25, 0.3) is 0 Å². The van der Waals surface area contributed by atoms with Crippen LogP contribution in [0.25, 0.3) is 0 Å². The van der Waals surface area contributed by atoms with Crippen molar-refractivity contribution in [2.75, 3.05) is 20.6 Å². The van der Waals surface area contributed by atoms with Gasteiger partial charge in [0.05, 0.1) is 0 Å². The number of hydrogen-bond acceptors (Lipinski definition) is 2. The molecule has 0 bridgehead atoms. The maximum absolute atomic E-state index is 13.7. The minimum atomic E-state index is -0.458. The molecule has 2 rings (SSSR count). The van der Waals surface area contributed by atoms with E-state index in [1.165, 1.54) is 11.6 Å². The molecule has 27 heavy (non-hydrogen) atoms. The van der Waals surface area contributed by atoms with E-state index in [4.69, 9.17) is 0 Å². The first-order valence-corrected chi connectivity index (χ1v) is 8.66. The highest BCUT2D eigenvalue weighted by Gasteiger charge is 2.06. The van der Waals surface area contributed by atoms with Crippen LogP contribution in [0.3, 0.4) is 0 Å². The maximum Gasteiger partial charge on any atom is 0.191 e. The molecule has 2 aromatic rings. The smallest absolute Gasteiger partial charge is 0.191 e. The van der Waals surface area contributed by atoms with Crippen molar-refractivity contribution in [1.82, 2.24) is 15.5 Å². The Labute approximate surface area is 177 Å². The molecule has 2 N–H and O–H groups in total. The van der Waals surface area contributed by atoms with Crippen molar-refractivity contribution in [3.05, 3.63) is 70.8 Å². The molecule has 4 nitrogen and oxygen atoms in total. The van der Waals surface area contributed by atoms with E-state index >= 15 is 0 Å².